The molecule has 20 heavy (non-hydrogen) atoms. The largest absolute Gasteiger partial charge is 0.448 e. The molecule has 2 unspecified atom stereocenters. The molecular weight excluding hydrogens is 293 g/mol. The molecule has 1 aliphatic heterocycles. The molecule has 0 spiro atoms. The van der Waals surface area contributed by atoms with Gasteiger partial charge in [-0.05, 0) is 24.6 Å². The van der Waals surface area contributed by atoms with Gasteiger partial charge in [-0.3, -0.25) is 0 Å². The Morgan fingerprint density at radius 1 is 1.45 bits per heavy atom. The van der Waals surface area contributed by atoms with Crippen LogP contribution < -0.4 is 0 Å². The van der Waals surface area contributed by atoms with E-state index in [0.717, 1.165) is 5.56 Å². The van der Waals surface area contributed by atoms with Gasteiger partial charge >= 0.3 is 12.1 Å². The van der Waals surface area contributed by atoms with E-state index in [0.29, 0.717) is 6.61 Å². The van der Waals surface area contributed by atoms with Gasteiger partial charge in [-0.2, -0.15) is 25.8 Å². The summed E-state index contributed by atoms with van der Waals surface area (Å²) in [4.78, 5) is 11.6. The molecule has 1 aromatic rings. The second kappa shape index (κ2) is 5.29. The number of thiol groups is 1. The predicted octanol–water partition coefficient (Wildman–Crippen LogP) is 2.95. The standard InChI is InChI=1S/C13H13F3O3S/c1-12(7-18-12)9-4-2-8(3-5-9)11(17)19-10(6-20)13(14,15)16/h2-5,10,20H,6-7H2,1H3. The molecule has 1 heterocycles. The van der Waals surface area contributed by atoms with E-state index in [1.807, 2.05) is 6.92 Å². The number of rotatable bonds is 4. The third-order valence-electron chi connectivity index (χ3n) is 3.09. The minimum absolute atomic E-state index is 0.0639. The highest BCUT2D eigenvalue weighted by Gasteiger charge is 2.42. The van der Waals surface area contributed by atoms with Crippen LogP contribution in [0.1, 0.15) is 22.8 Å². The van der Waals surface area contributed by atoms with Gasteiger partial charge < -0.3 is 9.47 Å². The lowest BCUT2D eigenvalue weighted by atomic mass is 10.0. The van der Waals surface area contributed by atoms with Crippen LogP contribution >= 0.6 is 12.6 Å². The topological polar surface area (TPSA) is 38.8 Å². The van der Waals surface area contributed by atoms with Crippen LogP contribution in [0.15, 0.2) is 24.3 Å². The van der Waals surface area contributed by atoms with Crippen LogP contribution in [-0.4, -0.2) is 30.6 Å². The van der Waals surface area contributed by atoms with Crippen molar-refractivity contribution in [1.29, 1.82) is 0 Å². The van der Waals surface area contributed by atoms with Crippen molar-refractivity contribution in [2.45, 2.75) is 24.8 Å². The van der Waals surface area contributed by atoms with Gasteiger partial charge in [-0.15, -0.1) is 0 Å². The van der Waals surface area contributed by atoms with Crippen LogP contribution in [0.25, 0.3) is 0 Å². The maximum absolute atomic E-state index is 12.5. The molecule has 1 aliphatic rings. The van der Waals surface area contributed by atoms with Crippen LogP contribution in [0.3, 0.4) is 0 Å². The molecule has 0 amide bonds. The molecule has 7 heteroatoms. The fourth-order valence-electron chi connectivity index (χ4n) is 1.64. The summed E-state index contributed by atoms with van der Waals surface area (Å²) in [5.74, 6) is -1.63. The van der Waals surface area contributed by atoms with Crippen molar-refractivity contribution in [2.24, 2.45) is 0 Å². The van der Waals surface area contributed by atoms with E-state index in [2.05, 4.69) is 17.4 Å². The number of alkyl halides is 3. The van der Waals surface area contributed by atoms with E-state index in [1.54, 1.807) is 12.1 Å². The van der Waals surface area contributed by atoms with Crippen molar-refractivity contribution in [1.82, 2.24) is 0 Å². The summed E-state index contributed by atoms with van der Waals surface area (Å²) in [5.41, 5.74) is 0.590. The van der Waals surface area contributed by atoms with Gasteiger partial charge in [0.05, 0.1) is 12.2 Å². The summed E-state index contributed by atoms with van der Waals surface area (Å²) in [7, 11) is 0. The highest BCUT2D eigenvalue weighted by molar-refractivity contribution is 7.80. The Hall–Kier alpha value is -1.21. The highest BCUT2D eigenvalue weighted by atomic mass is 32.1. The van der Waals surface area contributed by atoms with Gasteiger partial charge in [0.1, 0.15) is 5.60 Å². The molecule has 0 bridgehead atoms. The van der Waals surface area contributed by atoms with E-state index >= 15 is 0 Å². The Balaban J connectivity index is 2.06. The molecule has 2 atom stereocenters. The second-order valence-corrected chi connectivity index (χ2v) is 5.08. The molecule has 0 aromatic heterocycles. The SMILES string of the molecule is CC1(c2ccc(C(=O)OC(CS)C(F)(F)F)cc2)CO1. The zero-order valence-electron chi connectivity index (χ0n) is 10.6. The Morgan fingerprint density at radius 2 is 2.00 bits per heavy atom. The third kappa shape index (κ3) is 3.27. The second-order valence-electron chi connectivity index (χ2n) is 4.72. The van der Waals surface area contributed by atoms with Crippen molar-refractivity contribution in [3.63, 3.8) is 0 Å². The van der Waals surface area contributed by atoms with E-state index in [1.165, 1.54) is 12.1 Å². The number of esters is 1. The fraction of sp³-hybridized carbons (Fsp3) is 0.462. The van der Waals surface area contributed by atoms with E-state index < -0.39 is 24.0 Å². The molecule has 110 valence electrons. The van der Waals surface area contributed by atoms with E-state index in [4.69, 9.17) is 4.74 Å². The lowest BCUT2D eigenvalue weighted by Gasteiger charge is -2.18. The maximum Gasteiger partial charge on any atom is 0.426 e. The number of benzene rings is 1. The number of halogens is 3. The molecule has 1 fully saturated rings. The molecular formula is C13H13F3O3S. The fourth-order valence-corrected chi connectivity index (χ4v) is 1.92. The van der Waals surface area contributed by atoms with E-state index in [9.17, 15) is 18.0 Å². The minimum atomic E-state index is -4.62. The molecule has 0 N–H and O–H groups in total. The van der Waals surface area contributed by atoms with Crippen LogP contribution in [-0.2, 0) is 15.1 Å². The zero-order chi connectivity index (χ0) is 15.0. The summed E-state index contributed by atoms with van der Waals surface area (Å²) in [6, 6.07) is 6.15. The first kappa shape index (κ1) is 15.2. The van der Waals surface area contributed by atoms with Crippen LogP contribution in [0.5, 0.6) is 0 Å². The number of hydrogen-bond donors (Lipinski definition) is 1. The van der Waals surface area contributed by atoms with Gasteiger partial charge in [-0.25, -0.2) is 4.79 Å². The van der Waals surface area contributed by atoms with Crippen molar-refractivity contribution in [3.05, 3.63) is 35.4 Å². The minimum Gasteiger partial charge on any atom is -0.448 e. The molecule has 0 aliphatic carbocycles. The third-order valence-corrected chi connectivity index (χ3v) is 3.42. The molecule has 2 rings (SSSR count). The number of ether oxygens (including phenoxy) is 2. The van der Waals surface area contributed by atoms with Crippen molar-refractivity contribution < 1.29 is 27.4 Å². The quantitative estimate of drug-likeness (QED) is 0.528. The Bertz CT molecular complexity index is 495. The van der Waals surface area contributed by atoms with Crippen molar-refractivity contribution in [2.75, 3.05) is 12.4 Å². The number of epoxide rings is 1. The van der Waals surface area contributed by atoms with Gasteiger partial charge in [0, 0.05) is 5.75 Å². The Kier molecular flexibility index (Phi) is 4.02. The first-order valence-corrected chi connectivity index (χ1v) is 6.52. The number of carbonyl (C=O) groups excluding carboxylic acids is 1. The smallest absolute Gasteiger partial charge is 0.426 e. The van der Waals surface area contributed by atoms with Gasteiger partial charge in [0.2, 0.25) is 6.10 Å². The molecule has 3 nitrogen and oxygen atoms in total. The Labute approximate surface area is 119 Å². The van der Waals surface area contributed by atoms with Gasteiger partial charge in [0.15, 0.2) is 0 Å². The molecule has 1 aromatic carbocycles. The molecule has 0 radical (unpaired) electrons. The summed E-state index contributed by atoms with van der Waals surface area (Å²) in [6.45, 7) is 2.48. The average molecular weight is 306 g/mol. The first-order chi connectivity index (χ1) is 9.26. The maximum atomic E-state index is 12.5. The zero-order valence-corrected chi connectivity index (χ0v) is 11.5. The highest BCUT2D eigenvalue weighted by Crippen LogP contribution is 2.37. The monoisotopic (exact) mass is 306 g/mol. The first-order valence-electron chi connectivity index (χ1n) is 5.89. The Morgan fingerprint density at radius 3 is 2.40 bits per heavy atom. The van der Waals surface area contributed by atoms with Crippen LogP contribution in [0, 0.1) is 0 Å². The normalized spacial score (nSPS) is 23.2. The summed E-state index contributed by atoms with van der Waals surface area (Å²) in [5, 5.41) is 0. The molecule has 1 saturated heterocycles. The predicted molar refractivity (Wildman–Crippen MR) is 68.9 cm³/mol. The van der Waals surface area contributed by atoms with Gasteiger partial charge in [0.25, 0.3) is 0 Å². The lowest BCUT2D eigenvalue weighted by Crippen LogP contribution is -2.35. The van der Waals surface area contributed by atoms with Crippen LogP contribution in [0.2, 0.25) is 0 Å². The molecule has 0 saturated carbocycles. The van der Waals surface area contributed by atoms with Crippen molar-refractivity contribution >= 4 is 18.6 Å². The summed E-state index contributed by atoms with van der Waals surface area (Å²) in [6.07, 6.45) is -6.82. The number of carbonyl (C=O) groups is 1. The van der Waals surface area contributed by atoms with Gasteiger partial charge in [-0.1, -0.05) is 12.1 Å². The average Bonchev–Trinajstić information content (AvgIpc) is 3.14. The lowest BCUT2D eigenvalue weighted by molar-refractivity contribution is -0.196. The summed E-state index contributed by atoms with van der Waals surface area (Å²) >= 11 is 3.54. The van der Waals surface area contributed by atoms with Crippen LogP contribution in [0.4, 0.5) is 13.2 Å². The summed E-state index contributed by atoms with van der Waals surface area (Å²) < 4.78 is 47.1. The van der Waals surface area contributed by atoms with E-state index in [-0.39, 0.29) is 11.2 Å². The van der Waals surface area contributed by atoms with Crippen molar-refractivity contribution in [3.8, 4) is 0 Å². The number of hydrogen-bond acceptors (Lipinski definition) is 4.